The van der Waals surface area contributed by atoms with Crippen molar-refractivity contribution in [2.24, 2.45) is 0 Å². The Kier molecular flexibility index (Phi) is 50.0. The van der Waals surface area contributed by atoms with Gasteiger partial charge < -0.3 is 14.2 Å². The predicted molar refractivity (Wildman–Crippen MR) is 279 cm³/mol. The monoisotopic (exact) mass is 903 g/mol. The molecule has 0 aliphatic heterocycles. The number of carbonyl (C=O) groups excluding carboxylic acids is 3. The van der Waals surface area contributed by atoms with Gasteiger partial charge in [0.2, 0.25) is 0 Å². The highest BCUT2D eigenvalue weighted by atomic mass is 16.6. The Morgan fingerprint density at radius 3 is 1.00 bits per heavy atom. The molecule has 0 bridgehead atoms. The molecule has 0 saturated heterocycles. The Hall–Kier alpha value is -3.67. The molecule has 0 aromatic heterocycles. The van der Waals surface area contributed by atoms with Gasteiger partial charge in [-0.3, -0.25) is 14.4 Å². The number of allylic oxidation sites excluding steroid dienone is 16. The Morgan fingerprint density at radius 2 is 0.615 bits per heavy atom. The first-order valence-electron chi connectivity index (χ1n) is 26.8. The smallest absolute Gasteiger partial charge is 0.306 e. The van der Waals surface area contributed by atoms with E-state index in [1.54, 1.807) is 0 Å². The van der Waals surface area contributed by atoms with Crippen LogP contribution in [0.1, 0.15) is 239 Å². The van der Waals surface area contributed by atoms with E-state index >= 15 is 0 Å². The predicted octanol–water partition coefficient (Wildman–Crippen LogP) is 17.8. The summed E-state index contributed by atoms with van der Waals surface area (Å²) in [5.74, 6) is -0.944. The van der Waals surface area contributed by atoms with E-state index in [9.17, 15) is 14.4 Å². The summed E-state index contributed by atoms with van der Waals surface area (Å²) in [7, 11) is 0. The normalized spacial score (nSPS) is 12.8. The van der Waals surface area contributed by atoms with Gasteiger partial charge in [0, 0.05) is 19.3 Å². The molecular weight excluding hydrogens is 805 g/mol. The molecule has 0 aromatic carbocycles. The van der Waals surface area contributed by atoms with Crippen LogP contribution in [0.15, 0.2) is 97.2 Å². The fraction of sp³-hybridized carbons (Fsp3) is 0.678. The first kappa shape index (κ1) is 61.3. The van der Waals surface area contributed by atoms with Gasteiger partial charge in [-0.2, -0.15) is 0 Å². The number of carbonyl (C=O) groups is 3. The lowest BCUT2D eigenvalue weighted by Crippen LogP contribution is -2.30. The Morgan fingerprint density at radius 1 is 0.323 bits per heavy atom. The van der Waals surface area contributed by atoms with Crippen molar-refractivity contribution in [1.82, 2.24) is 0 Å². The maximum Gasteiger partial charge on any atom is 0.306 e. The van der Waals surface area contributed by atoms with Crippen molar-refractivity contribution in [3.8, 4) is 0 Å². The van der Waals surface area contributed by atoms with Gasteiger partial charge in [-0.15, -0.1) is 0 Å². The molecule has 1 unspecified atom stereocenters. The van der Waals surface area contributed by atoms with Crippen LogP contribution in [-0.2, 0) is 28.6 Å². The quantitative estimate of drug-likeness (QED) is 0.0199. The van der Waals surface area contributed by atoms with Crippen molar-refractivity contribution >= 4 is 17.9 Å². The molecule has 0 saturated carbocycles. The molecule has 0 aliphatic rings. The summed E-state index contributed by atoms with van der Waals surface area (Å²) < 4.78 is 16.8. The molecule has 65 heavy (non-hydrogen) atoms. The molecule has 0 heterocycles. The van der Waals surface area contributed by atoms with Crippen LogP contribution in [0.5, 0.6) is 0 Å². The van der Waals surface area contributed by atoms with Gasteiger partial charge >= 0.3 is 17.9 Å². The van der Waals surface area contributed by atoms with Gasteiger partial charge in [0.1, 0.15) is 13.2 Å². The van der Waals surface area contributed by atoms with Gasteiger partial charge in [0.25, 0.3) is 0 Å². The minimum atomic E-state index is -0.797. The van der Waals surface area contributed by atoms with Crippen LogP contribution in [0, 0.1) is 0 Å². The lowest BCUT2D eigenvalue weighted by Gasteiger charge is -2.18. The molecule has 0 aromatic rings. The van der Waals surface area contributed by atoms with E-state index in [1.165, 1.54) is 128 Å². The van der Waals surface area contributed by atoms with Crippen molar-refractivity contribution < 1.29 is 28.6 Å². The van der Waals surface area contributed by atoms with Crippen LogP contribution >= 0.6 is 0 Å². The molecule has 0 spiro atoms. The van der Waals surface area contributed by atoms with Crippen LogP contribution in [-0.4, -0.2) is 37.2 Å². The summed E-state index contributed by atoms with van der Waals surface area (Å²) in [5.41, 5.74) is 0. The third kappa shape index (κ3) is 51.2. The third-order valence-corrected chi connectivity index (χ3v) is 11.3. The topological polar surface area (TPSA) is 78.9 Å². The van der Waals surface area contributed by atoms with Crippen molar-refractivity contribution in [3.63, 3.8) is 0 Å². The van der Waals surface area contributed by atoms with E-state index in [-0.39, 0.29) is 31.1 Å². The van der Waals surface area contributed by atoms with Crippen LogP contribution in [0.4, 0.5) is 0 Å². The van der Waals surface area contributed by atoms with E-state index in [4.69, 9.17) is 14.2 Å². The summed E-state index contributed by atoms with van der Waals surface area (Å²) in [6, 6.07) is 0. The largest absolute Gasteiger partial charge is 0.462 e. The van der Waals surface area contributed by atoms with Gasteiger partial charge in [0.15, 0.2) is 6.10 Å². The molecule has 0 aliphatic carbocycles. The lowest BCUT2D eigenvalue weighted by atomic mass is 10.1. The highest BCUT2D eigenvalue weighted by molar-refractivity contribution is 5.71. The van der Waals surface area contributed by atoms with E-state index in [2.05, 4.69) is 45.1 Å². The maximum absolute atomic E-state index is 12.8. The highest BCUT2D eigenvalue weighted by Gasteiger charge is 2.19. The van der Waals surface area contributed by atoms with Gasteiger partial charge in [-0.05, 0) is 64.2 Å². The Balaban J connectivity index is 4.47. The van der Waals surface area contributed by atoms with E-state index in [0.29, 0.717) is 19.3 Å². The van der Waals surface area contributed by atoms with Crippen molar-refractivity contribution in [1.29, 1.82) is 0 Å². The van der Waals surface area contributed by atoms with Crippen LogP contribution in [0.2, 0.25) is 0 Å². The minimum absolute atomic E-state index is 0.0933. The summed E-state index contributed by atoms with van der Waals surface area (Å²) in [4.78, 5) is 38.0. The number of hydrogen-bond donors (Lipinski definition) is 0. The highest BCUT2D eigenvalue weighted by Crippen LogP contribution is 2.15. The SMILES string of the molecule is CC\C=C/C=C\C=C/C=C\C=C\C=C/C=C\CCCCCC(=O)OCC(COC(=O)CCCCCCCCCCCCC)OC(=O)CCCCCCCCC/C=C\CCCCCCCC. The molecule has 0 radical (unpaired) electrons. The maximum atomic E-state index is 12.8. The Bertz CT molecular complexity index is 1310. The second-order valence-corrected chi connectivity index (χ2v) is 17.6. The molecular formula is C59H98O6. The first-order valence-corrected chi connectivity index (χ1v) is 26.8. The van der Waals surface area contributed by atoms with Gasteiger partial charge in [-0.25, -0.2) is 0 Å². The number of hydrogen-bond acceptors (Lipinski definition) is 6. The third-order valence-electron chi connectivity index (χ3n) is 11.3. The van der Waals surface area contributed by atoms with Gasteiger partial charge in [-0.1, -0.05) is 253 Å². The number of ether oxygens (including phenoxy) is 3. The first-order chi connectivity index (χ1) is 32.0. The Labute approximate surface area is 400 Å². The lowest BCUT2D eigenvalue weighted by molar-refractivity contribution is -0.167. The van der Waals surface area contributed by atoms with Crippen LogP contribution in [0.25, 0.3) is 0 Å². The fourth-order valence-corrected chi connectivity index (χ4v) is 7.24. The number of unbranched alkanes of at least 4 members (excludes halogenated alkanes) is 26. The molecule has 6 nitrogen and oxygen atoms in total. The summed E-state index contributed by atoms with van der Waals surface area (Å²) in [6.07, 6.45) is 69.6. The van der Waals surface area contributed by atoms with E-state index in [1.807, 2.05) is 72.9 Å². The molecule has 0 N–H and O–H groups in total. The molecule has 6 heteroatoms. The average Bonchev–Trinajstić information content (AvgIpc) is 3.30. The summed E-state index contributed by atoms with van der Waals surface area (Å²) >= 11 is 0. The van der Waals surface area contributed by atoms with Crippen LogP contribution in [0.3, 0.4) is 0 Å². The van der Waals surface area contributed by atoms with E-state index < -0.39 is 6.10 Å². The van der Waals surface area contributed by atoms with Crippen molar-refractivity contribution in [2.75, 3.05) is 13.2 Å². The number of rotatable bonds is 47. The molecule has 0 rings (SSSR count). The van der Waals surface area contributed by atoms with E-state index in [0.717, 1.165) is 70.6 Å². The molecule has 0 amide bonds. The number of esters is 3. The van der Waals surface area contributed by atoms with Crippen molar-refractivity contribution in [2.45, 2.75) is 245 Å². The molecule has 1 atom stereocenters. The zero-order chi connectivity index (χ0) is 47.2. The zero-order valence-corrected chi connectivity index (χ0v) is 42.2. The van der Waals surface area contributed by atoms with Gasteiger partial charge in [0.05, 0.1) is 0 Å². The second kappa shape index (κ2) is 52.9. The van der Waals surface area contributed by atoms with Crippen LogP contribution < -0.4 is 0 Å². The average molecular weight is 903 g/mol. The standard InChI is InChI=1S/C59H98O6/c1-4-7-10-13-16-19-22-24-26-28-29-31-32-34-37-40-43-46-49-52-58(61)64-55-56(54-63-57(60)51-48-45-42-39-36-21-18-15-12-9-6-3)65-59(62)53-50-47-44-41-38-35-33-30-27-25-23-20-17-14-11-8-5-2/h7,10,13,16,19,22,24-29,31-32,34,37,56H,4-6,8-9,11-12,14-15,17-18,20-21,23,30,33,35-36,38-55H2,1-3H3/b10-7-,16-13-,22-19-,26-24-,27-25-,29-28+,32-31-,37-34-. The molecule has 0 fully saturated rings. The molecule has 370 valence electrons. The zero-order valence-electron chi connectivity index (χ0n) is 42.2. The summed E-state index contributed by atoms with van der Waals surface area (Å²) in [6.45, 7) is 6.44. The summed E-state index contributed by atoms with van der Waals surface area (Å²) in [5, 5.41) is 0. The second-order valence-electron chi connectivity index (χ2n) is 17.6. The van der Waals surface area contributed by atoms with Crippen molar-refractivity contribution in [3.05, 3.63) is 97.2 Å². The minimum Gasteiger partial charge on any atom is -0.462 e. The fourth-order valence-electron chi connectivity index (χ4n) is 7.24.